The second-order valence-electron chi connectivity index (χ2n) is 1.45. The van der Waals surface area contributed by atoms with E-state index in [2.05, 4.69) is 20.7 Å². The lowest BCUT2D eigenvalue weighted by Crippen LogP contribution is -1.95. The summed E-state index contributed by atoms with van der Waals surface area (Å²) in [6.45, 7) is 3.65. The molecular formula is C6H11BrO4. The summed E-state index contributed by atoms with van der Waals surface area (Å²) in [5, 5.41) is 7.71. The molecule has 0 aromatic rings. The van der Waals surface area contributed by atoms with Gasteiger partial charge in [0.05, 0.1) is 6.61 Å². The number of hydrogen-bond acceptors (Lipinski definition) is 3. The predicted octanol–water partition coefficient (Wildman–Crippen LogP) is 1.04. The van der Waals surface area contributed by atoms with Crippen LogP contribution in [0.15, 0.2) is 0 Å². The van der Waals surface area contributed by atoms with Gasteiger partial charge in [-0.3, -0.25) is 9.59 Å². The van der Waals surface area contributed by atoms with Gasteiger partial charge in [-0.25, -0.2) is 0 Å². The lowest BCUT2D eigenvalue weighted by molar-refractivity contribution is -0.140. The summed E-state index contributed by atoms with van der Waals surface area (Å²) in [6.07, 6.45) is 0. The highest BCUT2D eigenvalue weighted by Gasteiger charge is 1.83. The molecule has 11 heavy (non-hydrogen) atoms. The Hall–Kier alpha value is -0.580. The van der Waals surface area contributed by atoms with Gasteiger partial charge >= 0.3 is 11.9 Å². The SMILES string of the molecule is CCOC(C)=O.O=C(O)CBr. The first-order valence-corrected chi connectivity index (χ1v) is 4.07. The van der Waals surface area contributed by atoms with E-state index in [4.69, 9.17) is 5.11 Å². The molecule has 0 spiro atoms. The van der Waals surface area contributed by atoms with Gasteiger partial charge < -0.3 is 9.84 Å². The number of aliphatic carboxylic acids is 1. The van der Waals surface area contributed by atoms with E-state index >= 15 is 0 Å². The third kappa shape index (κ3) is 26.5. The summed E-state index contributed by atoms with van der Waals surface area (Å²) in [7, 11) is 0. The maximum Gasteiger partial charge on any atom is 0.314 e. The Balaban J connectivity index is 0. The number of carboxylic acid groups (broad SMARTS) is 1. The fourth-order valence-corrected chi connectivity index (χ4v) is 0.203. The van der Waals surface area contributed by atoms with Crippen molar-refractivity contribution < 1.29 is 19.4 Å². The lowest BCUT2D eigenvalue weighted by atomic mass is 10.8. The minimum Gasteiger partial charge on any atom is -0.481 e. The smallest absolute Gasteiger partial charge is 0.314 e. The molecule has 0 heterocycles. The van der Waals surface area contributed by atoms with E-state index in [1.165, 1.54) is 6.92 Å². The third-order valence-electron chi connectivity index (χ3n) is 0.462. The zero-order valence-electron chi connectivity index (χ0n) is 6.46. The highest BCUT2D eigenvalue weighted by atomic mass is 79.9. The van der Waals surface area contributed by atoms with Crippen molar-refractivity contribution in [3.63, 3.8) is 0 Å². The highest BCUT2D eigenvalue weighted by Crippen LogP contribution is 1.73. The van der Waals surface area contributed by atoms with Crippen LogP contribution in [0.25, 0.3) is 0 Å². The summed E-state index contributed by atoms with van der Waals surface area (Å²) in [5.41, 5.74) is 0. The summed E-state index contributed by atoms with van der Waals surface area (Å²) >= 11 is 2.71. The van der Waals surface area contributed by atoms with Crippen molar-refractivity contribution in [1.82, 2.24) is 0 Å². The molecule has 1 N–H and O–H groups in total. The quantitative estimate of drug-likeness (QED) is 0.565. The van der Waals surface area contributed by atoms with Crippen molar-refractivity contribution in [3.05, 3.63) is 0 Å². The van der Waals surface area contributed by atoms with Crippen LogP contribution in [0.5, 0.6) is 0 Å². The number of alkyl halides is 1. The Morgan fingerprint density at radius 1 is 1.55 bits per heavy atom. The summed E-state index contributed by atoms with van der Waals surface area (Å²) in [6, 6.07) is 0. The third-order valence-corrected chi connectivity index (χ3v) is 0.942. The van der Waals surface area contributed by atoms with Gasteiger partial charge in [-0.1, -0.05) is 15.9 Å². The zero-order chi connectivity index (χ0) is 9.28. The minimum absolute atomic E-state index is 0.0347. The monoisotopic (exact) mass is 226 g/mol. The Morgan fingerprint density at radius 3 is 1.91 bits per heavy atom. The van der Waals surface area contributed by atoms with E-state index in [-0.39, 0.29) is 11.3 Å². The Kier molecular flexibility index (Phi) is 11.2. The molecular weight excluding hydrogens is 216 g/mol. The Bertz CT molecular complexity index is 124. The normalized spacial score (nSPS) is 7.55. The van der Waals surface area contributed by atoms with E-state index in [1.807, 2.05) is 0 Å². The number of carbonyl (C=O) groups is 2. The van der Waals surface area contributed by atoms with Gasteiger partial charge in [0.25, 0.3) is 0 Å². The zero-order valence-corrected chi connectivity index (χ0v) is 8.05. The summed E-state index contributed by atoms with van der Waals surface area (Å²) in [4.78, 5) is 19.1. The van der Waals surface area contributed by atoms with Gasteiger partial charge in [0.2, 0.25) is 0 Å². The Morgan fingerprint density at radius 2 is 1.91 bits per heavy atom. The Labute approximate surface area is 73.7 Å². The standard InChI is InChI=1S/C4H8O2.C2H3BrO2/c1-3-6-4(2)5;3-1-2(4)5/h3H2,1-2H3;1H2,(H,4,5). The topological polar surface area (TPSA) is 63.6 Å². The number of esters is 1. The first-order valence-electron chi connectivity index (χ1n) is 2.95. The molecule has 0 aliphatic heterocycles. The molecule has 4 nitrogen and oxygen atoms in total. The molecule has 0 fully saturated rings. The van der Waals surface area contributed by atoms with Crippen LogP contribution in [0.1, 0.15) is 13.8 Å². The molecule has 0 atom stereocenters. The minimum atomic E-state index is -0.829. The van der Waals surface area contributed by atoms with E-state index in [1.54, 1.807) is 6.92 Å². The lowest BCUT2D eigenvalue weighted by Gasteiger charge is -1.89. The first-order chi connectivity index (χ1) is 5.04. The molecule has 0 saturated carbocycles. The van der Waals surface area contributed by atoms with Crippen LogP contribution in [0, 0.1) is 0 Å². The van der Waals surface area contributed by atoms with Gasteiger partial charge in [-0.2, -0.15) is 0 Å². The molecule has 0 unspecified atom stereocenters. The summed E-state index contributed by atoms with van der Waals surface area (Å²) in [5.74, 6) is -1.04. The van der Waals surface area contributed by atoms with E-state index in [0.717, 1.165) is 0 Å². The van der Waals surface area contributed by atoms with Crippen LogP contribution in [-0.4, -0.2) is 29.0 Å². The second-order valence-corrected chi connectivity index (χ2v) is 2.01. The van der Waals surface area contributed by atoms with Crippen LogP contribution >= 0.6 is 15.9 Å². The number of ether oxygens (including phenoxy) is 1. The first kappa shape index (κ1) is 13.0. The van der Waals surface area contributed by atoms with Gasteiger partial charge in [-0.15, -0.1) is 0 Å². The molecule has 0 aromatic carbocycles. The number of carboxylic acids is 1. The average molecular weight is 227 g/mol. The molecule has 0 aliphatic carbocycles. The fraction of sp³-hybridized carbons (Fsp3) is 0.667. The highest BCUT2D eigenvalue weighted by molar-refractivity contribution is 9.09. The van der Waals surface area contributed by atoms with E-state index in [9.17, 15) is 9.59 Å². The van der Waals surface area contributed by atoms with Gasteiger partial charge in [0.1, 0.15) is 5.33 Å². The molecule has 0 aromatic heterocycles. The predicted molar refractivity (Wildman–Crippen MR) is 43.7 cm³/mol. The molecule has 0 aliphatic rings. The van der Waals surface area contributed by atoms with E-state index < -0.39 is 5.97 Å². The second kappa shape index (κ2) is 9.42. The van der Waals surface area contributed by atoms with Crippen LogP contribution in [0.3, 0.4) is 0 Å². The molecule has 66 valence electrons. The van der Waals surface area contributed by atoms with Crippen LogP contribution in [-0.2, 0) is 14.3 Å². The summed E-state index contributed by atoms with van der Waals surface area (Å²) < 4.78 is 4.40. The molecule has 0 rings (SSSR count). The maximum absolute atomic E-state index is 9.82. The van der Waals surface area contributed by atoms with Crippen molar-refractivity contribution in [2.75, 3.05) is 11.9 Å². The van der Waals surface area contributed by atoms with Crippen molar-refractivity contribution >= 4 is 27.9 Å². The molecule has 0 saturated heterocycles. The fourth-order valence-electron chi connectivity index (χ4n) is 0.203. The molecule has 0 amide bonds. The van der Waals surface area contributed by atoms with Gasteiger partial charge in [0, 0.05) is 6.92 Å². The molecule has 0 radical (unpaired) electrons. The van der Waals surface area contributed by atoms with Crippen molar-refractivity contribution in [2.24, 2.45) is 0 Å². The van der Waals surface area contributed by atoms with Crippen LogP contribution < -0.4 is 0 Å². The number of carbonyl (C=O) groups excluding carboxylic acids is 1. The van der Waals surface area contributed by atoms with Crippen molar-refractivity contribution in [3.8, 4) is 0 Å². The number of halogens is 1. The van der Waals surface area contributed by atoms with Gasteiger partial charge in [-0.05, 0) is 6.92 Å². The number of hydrogen-bond donors (Lipinski definition) is 1. The maximum atomic E-state index is 9.82. The molecule has 0 bridgehead atoms. The van der Waals surface area contributed by atoms with Gasteiger partial charge in [0.15, 0.2) is 0 Å². The number of rotatable bonds is 2. The average Bonchev–Trinajstić information content (AvgIpc) is 1.89. The largest absolute Gasteiger partial charge is 0.481 e. The van der Waals surface area contributed by atoms with E-state index in [0.29, 0.717) is 6.61 Å². The van der Waals surface area contributed by atoms with Crippen LogP contribution in [0.4, 0.5) is 0 Å². The van der Waals surface area contributed by atoms with Crippen molar-refractivity contribution in [2.45, 2.75) is 13.8 Å². The van der Waals surface area contributed by atoms with Crippen molar-refractivity contribution in [1.29, 1.82) is 0 Å². The van der Waals surface area contributed by atoms with Crippen LogP contribution in [0.2, 0.25) is 0 Å². The molecule has 5 heteroatoms.